The molecule has 0 aliphatic rings. The summed E-state index contributed by atoms with van der Waals surface area (Å²) < 4.78 is 34.2. The van der Waals surface area contributed by atoms with Crippen LogP contribution in [0.1, 0.15) is 0 Å². The molecule has 0 rings (SSSR count). The number of hydrogen-bond acceptors (Lipinski definition) is 16. The Morgan fingerprint density at radius 1 is 0.258 bits per heavy atom. The Labute approximate surface area is 192 Å². The summed E-state index contributed by atoms with van der Waals surface area (Å²) in [5.74, 6) is 0. The quantitative estimate of drug-likeness (QED) is 0.189. The molecule has 208 valence electrons. The van der Waals surface area contributed by atoms with Crippen LogP contribution in [-0.4, -0.2) is 54.8 Å². The van der Waals surface area contributed by atoms with Crippen molar-refractivity contribution in [3.05, 3.63) is 0 Å². The normalized spacial score (nSPS) is 7.61. The molecule has 0 radical (unpaired) electrons. The maximum absolute atomic E-state index is 8.55. The van der Waals surface area contributed by atoms with Crippen LogP contribution in [0.5, 0.6) is 0 Å². The summed E-state index contributed by atoms with van der Waals surface area (Å²) in [5, 5.41) is 0. The minimum absolute atomic E-state index is 0. The fourth-order valence-corrected chi connectivity index (χ4v) is 0. The second-order valence-corrected chi connectivity index (χ2v) is 5.37. The Bertz CT molecular complexity index is 288. The molecule has 26 nitrogen and oxygen atoms in total. The first-order chi connectivity index (χ1) is 8.00. The Balaban J connectivity index is -0.00000000757. The Kier molecular flexibility index (Phi) is 153. The molecule has 20 N–H and O–H groups in total. The third-order valence-electron chi connectivity index (χ3n) is 0. The van der Waals surface area contributed by atoms with Crippen LogP contribution in [0, 0.1) is 0 Å². The van der Waals surface area contributed by atoms with Gasteiger partial charge >= 0.3 is 29.6 Å². The molecule has 31 heavy (non-hydrogen) atoms. The predicted octanol–water partition coefficient (Wildman–Crippen LogP) is -22.5. The van der Waals surface area contributed by atoms with E-state index in [1.165, 1.54) is 0 Å². The van der Waals surface area contributed by atoms with Gasteiger partial charge in [-0.2, -0.15) is 31.3 Å². The maximum atomic E-state index is 8.55. The van der Waals surface area contributed by atoms with Gasteiger partial charge < -0.3 is 132 Å². The fourth-order valence-electron chi connectivity index (χ4n) is 0. The smallest absolute Gasteiger partial charge is 0.822 e. The van der Waals surface area contributed by atoms with Crippen LogP contribution < -0.4 is 88.3 Å². The van der Waals surface area contributed by atoms with Crippen molar-refractivity contribution in [2.24, 2.45) is 0 Å². The van der Waals surface area contributed by atoms with Crippen molar-refractivity contribution in [2.45, 2.75) is 0 Å². The molecule has 0 aromatic rings. The second kappa shape index (κ2) is 44.7. The van der Waals surface area contributed by atoms with Gasteiger partial charge in [-0.25, -0.2) is 0 Å². The SMILES string of the molecule is O.O.O.O.O.O.O.O.O.O.O=P([O-])([O-])[O-].O=P([O-])([O-])[O-].O=P([O-])([O-])[O-].O=P([O-])([O-])[O-].[Na+]. The van der Waals surface area contributed by atoms with Crippen LogP contribution in [0.2, 0.25) is 0 Å². The van der Waals surface area contributed by atoms with E-state index in [4.69, 9.17) is 77.0 Å². The molecule has 31 heteroatoms. The van der Waals surface area contributed by atoms with E-state index < -0.39 is 31.3 Å². The van der Waals surface area contributed by atoms with Crippen molar-refractivity contribution >= 4 is 31.3 Å². The average Bonchev–Trinajstić information content (AvgIpc) is 1.62. The van der Waals surface area contributed by atoms with Crippen LogP contribution in [0.4, 0.5) is 0 Å². The zero-order chi connectivity index (χ0) is 18.0. The van der Waals surface area contributed by atoms with Crippen LogP contribution in [0.3, 0.4) is 0 Å². The van der Waals surface area contributed by atoms with Crippen molar-refractivity contribution in [2.75, 3.05) is 0 Å². The molecular weight excluding hydrogens is 563 g/mol. The van der Waals surface area contributed by atoms with Crippen LogP contribution in [-0.2, 0) is 18.3 Å². The van der Waals surface area contributed by atoms with Gasteiger partial charge in [-0.1, -0.05) is 0 Å². The van der Waals surface area contributed by atoms with Gasteiger partial charge in [-0.05, 0) is 0 Å². The van der Waals surface area contributed by atoms with E-state index in [1.807, 2.05) is 0 Å². The number of hydrogen-bond donors (Lipinski definition) is 0. The Morgan fingerprint density at radius 3 is 0.258 bits per heavy atom. The summed E-state index contributed by atoms with van der Waals surface area (Å²) in [6.45, 7) is 0. The molecule has 0 bridgehead atoms. The Morgan fingerprint density at radius 2 is 0.258 bits per heavy atom. The second-order valence-electron chi connectivity index (χ2n) is 1.79. The molecule has 0 aromatic carbocycles. The molecule has 0 spiro atoms. The monoisotopic (exact) mass is 583 g/mol. The topological polar surface area (TPSA) is 660 Å². The van der Waals surface area contributed by atoms with Gasteiger partial charge in [0.2, 0.25) is 0 Å². The van der Waals surface area contributed by atoms with Crippen molar-refractivity contribution in [3.8, 4) is 0 Å². The van der Waals surface area contributed by atoms with Gasteiger partial charge in [0.25, 0.3) is 0 Å². The Hall–Kier alpha value is 1.04. The molecule has 0 saturated carbocycles. The van der Waals surface area contributed by atoms with Crippen molar-refractivity contribution in [3.63, 3.8) is 0 Å². The fraction of sp³-hybridized carbons (Fsp3) is 0. The predicted molar refractivity (Wildman–Crippen MR) is 66.6 cm³/mol. The van der Waals surface area contributed by atoms with Crippen LogP contribution >= 0.6 is 31.3 Å². The van der Waals surface area contributed by atoms with Gasteiger partial charge in [-0.3, -0.25) is 0 Å². The summed E-state index contributed by atoms with van der Waals surface area (Å²) in [7, 11) is -21.6. The average molecular weight is 583 g/mol. The first-order valence-electron chi connectivity index (χ1n) is 2.92. The zero-order valence-electron chi connectivity index (χ0n) is 14.3. The third-order valence-corrected chi connectivity index (χ3v) is 0. The molecule has 0 aromatic heterocycles. The van der Waals surface area contributed by atoms with Gasteiger partial charge in [-0.15, -0.1) is 0 Å². The molecular formula is H20NaO26P4-11. The first-order valence-corrected chi connectivity index (χ1v) is 8.76. The molecule has 0 aliphatic carbocycles. The summed E-state index contributed by atoms with van der Waals surface area (Å²) >= 11 is 0. The van der Waals surface area contributed by atoms with Crippen molar-refractivity contribution in [1.29, 1.82) is 0 Å². The maximum Gasteiger partial charge on any atom is 1.00 e. The third kappa shape index (κ3) is 24200. The number of rotatable bonds is 0. The summed E-state index contributed by atoms with van der Waals surface area (Å²) in [6, 6.07) is 0. The molecule has 0 unspecified atom stereocenters. The van der Waals surface area contributed by atoms with Gasteiger partial charge in [0, 0.05) is 0 Å². The molecule has 0 fully saturated rings. The van der Waals surface area contributed by atoms with Crippen molar-refractivity contribution < 1.29 is 161 Å². The van der Waals surface area contributed by atoms with Crippen molar-refractivity contribution in [1.82, 2.24) is 0 Å². The van der Waals surface area contributed by atoms with E-state index in [0.717, 1.165) is 0 Å². The zero-order valence-corrected chi connectivity index (χ0v) is 19.9. The van der Waals surface area contributed by atoms with E-state index in [9.17, 15) is 0 Å². The van der Waals surface area contributed by atoms with E-state index in [1.54, 1.807) is 0 Å². The van der Waals surface area contributed by atoms with Crippen LogP contribution in [0.25, 0.3) is 0 Å². The summed E-state index contributed by atoms with van der Waals surface area (Å²) in [5.41, 5.74) is 0. The van der Waals surface area contributed by atoms with Gasteiger partial charge in [0.05, 0.1) is 0 Å². The standard InChI is InChI=1S/Na.4H3O4P.10H2O/c;4*1-5(2,3)4;;;;;;;;;;/h;4*(H3,1,2,3,4);10*1H2/q+1;;;;;;;;;;;;;;/p-12. The van der Waals surface area contributed by atoms with E-state index >= 15 is 0 Å². The first kappa shape index (κ1) is 106. The van der Waals surface area contributed by atoms with Gasteiger partial charge in [0.1, 0.15) is 0 Å². The molecule has 0 amide bonds. The minimum Gasteiger partial charge on any atom is -0.822 e. The summed E-state index contributed by atoms with van der Waals surface area (Å²) in [6.07, 6.45) is 0. The molecule has 0 saturated heterocycles. The van der Waals surface area contributed by atoms with E-state index in [-0.39, 0.29) is 84.3 Å². The van der Waals surface area contributed by atoms with Crippen LogP contribution in [0.15, 0.2) is 0 Å². The van der Waals surface area contributed by atoms with E-state index in [0.29, 0.717) is 0 Å². The number of phosphoric acid groups is 4. The minimum atomic E-state index is -5.39. The molecule has 0 atom stereocenters. The van der Waals surface area contributed by atoms with Gasteiger partial charge in [0.15, 0.2) is 0 Å². The largest absolute Gasteiger partial charge is 1.00 e. The summed E-state index contributed by atoms with van der Waals surface area (Å²) in [4.78, 5) is 103. The molecule has 0 heterocycles. The molecule has 0 aliphatic heterocycles. The van der Waals surface area contributed by atoms with E-state index in [2.05, 4.69) is 0 Å².